The first kappa shape index (κ1) is 14.2. The van der Waals surface area contributed by atoms with Crippen LogP contribution in [0.15, 0.2) is 35.3 Å². The average Bonchev–Trinajstić information content (AvgIpc) is 3.09. The number of nitrogens with two attached hydrogens (primary N) is 1. The molecule has 3 N–H and O–H groups in total. The van der Waals surface area contributed by atoms with E-state index >= 15 is 0 Å². The standard InChI is InChI=1S/C18H20N4O/c19-18-10-17(21-14-4-7-23-8-5-14)15-2-1-12(9-16(15)22-18)13-3-6-20-11-13/h1-3,6,9-10,14H,4-5,7-8,11H2,(H3,19,21,22). The number of aliphatic imine (C=N–C) groups is 1. The molecule has 5 nitrogen and oxygen atoms in total. The molecule has 4 rings (SSSR count). The number of nitrogens with zero attached hydrogens (tertiary/aromatic N) is 2. The molecule has 23 heavy (non-hydrogen) atoms. The number of nitrogens with one attached hydrogen (secondary N) is 1. The van der Waals surface area contributed by atoms with Gasteiger partial charge in [-0.3, -0.25) is 4.99 Å². The van der Waals surface area contributed by atoms with Crippen molar-refractivity contribution in [3.8, 4) is 0 Å². The SMILES string of the molecule is Nc1cc(NC2CCOCC2)c2ccc(C3=CC=NC3)cc2n1. The lowest BCUT2D eigenvalue weighted by molar-refractivity contribution is 0.0905. The molecule has 1 saturated heterocycles. The monoisotopic (exact) mass is 308 g/mol. The van der Waals surface area contributed by atoms with Crippen molar-refractivity contribution in [3.05, 3.63) is 35.9 Å². The minimum absolute atomic E-state index is 0.430. The normalized spacial score (nSPS) is 18.3. The Hall–Kier alpha value is -2.40. The summed E-state index contributed by atoms with van der Waals surface area (Å²) in [4.78, 5) is 8.75. The van der Waals surface area contributed by atoms with Crippen molar-refractivity contribution in [2.75, 3.05) is 30.8 Å². The summed E-state index contributed by atoms with van der Waals surface area (Å²) in [6.45, 7) is 2.37. The first-order chi connectivity index (χ1) is 11.3. The van der Waals surface area contributed by atoms with Gasteiger partial charge in [-0.2, -0.15) is 0 Å². The van der Waals surface area contributed by atoms with Gasteiger partial charge in [0.2, 0.25) is 0 Å². The van der Waals surface area contributed by atoms with Crippen LogP contribution in [0.1, 0.15) is 18.4 Å². The fourth-order valence-electron chi connectivity index (χ4n) is 3.16. The van der Waals surface area contributed by atoms with Gasteiger partial charge >= 0.3 is 0 Å². The topological polar surface area (TPSA) is 72.5 Å². The molecular weight excluding hydrogens is 288 g/mol. The minimum atomic E-state index is 0.430. The number of allylic oxidation sites excluding steroid dienone is 1. The van der Waals surface area contributed by atoms with Gasteiger partial charge in [0.1, 0.15) is 5.82 Å². The van der Waals surface area contributed by atoms with E-state index in [-0.39, 0.29) is 0 Å². The molecule has 0 aliphatic carbocycles. The highest BCUT2D eigenvalue weighted by atomic mass is 16.5. The maximum Gasteiger partial charge on any atom is 0.126 e. The largest absolute Gasteiger partial charge is 0.384 e. The number of hydrogen-bond donors (Lipinski definition) is 2. The summed E-state index contributed by atoms with van der Waals surface area (Å²) in [5, 5.41) is 4.72. The van der Waals surface area contributed by atoms with E-state index < -0.39 is 0 Å². The third-order valence-corrected chi connectivity index (χ3v) is 4.42. The second-order valence-electron chi connectivity index (χ2n) is 6.04. The van der Waals surface area contributed by atoms with Crippen LogP contribution in [0, 0.1) is 0 Å². The molecule has 118 valence electrons. The van der Waals surface area contributed by atoms with Crippen LogP contribution in [-0.2, 0) is 4.74 Å². The zero-order chi connectivity index (χ0) is 15.6. The van der Waals surface area contributed by atoms with Gasteiger partial charge in [0, 0.05) is 42.6 Å². The summed E-state index contributed by atoms with van der Waals surface area (Å²) in [5.41, 5.74) is 10.4. The van der Waals surface area contributed by atoms with E-state index in [1.807, 2.05) is 12.3 Å². The number of hydrogen-bond acceptors (Lipinski definition) is 5. The number of benzene rings is 1. The molecule has 2 aliphatic heterocycles. The van der Waals surface area contributed by atoms with Crippen molar-refractivity contribution in [1.29, 1.82) is 0 Å². The summed E-state index contributed by atoms with van der Waals surface area (Å²) in [6, 6.07) is 8.71. The number of aromatic nitrogens is 1. The van der Waals surface area contributed by atoms with Crippen LogP contribution in [0.4, 0.5) is 11.5 Å². The summed E-state index contributed by atoms with van der Waals surface area (Å²) in [6.07, 6.45) is 5.94. The lowest BCUT2D eigenvalue weighted by Crippen LogP contribution is -2.28. The minimum Gasteiger partial charge on any atom is -0.384 e. The molecule has 1 fully saturated rings. The zero-order valence-corrected chi connectivity index (χ0v) is 13.0. The van der Waals surface area contributed by atoms with Gasteiger partial charge in [-0.1, -0.05) is 12.1 Å². The number of nitrogen functional groups attached to an aromatic ring is 1. The van der Waals surface area contributed by atoms with Gasteiger partial charge in [-0.05, 0) is 36.1 Å². The Kier molecular flexibility index (Phi) is 3.71. The van der Waals surface area contributed by atoms with Crippen molar-refractivity contribution in [1.82, 2.24) is 4.98 Å². The molecule has 2 aliphatic rings. The van der Waals surface area contributed by atoms with Gasteiger partial charge in [-0.25, -0.2) is 4.98 Å². The van der Waals surface area contributed by atoms with E-state index in [1.165, 1.54) is 5.57 Å². The molecule has 5 heteroatoms. The van der Waals surface area contributed by atoms with Crippen molar-refractivity contribution in [2.24, 2.45) is 4.99 Å². The molecule has 0 amide bonds. The van der Waals surface area contributed by atoms with Gasteiger partial charge < -0.3 is 15.8 Å². The van der Waals surface area contributed by atoms with Gasteiger partial charge in [-0.15, -0.1) is 0 Å². The van der Waals surface area contributed by atoms with Crippen LogP contribution < -0.4 is 11.1 Å². The number of ether oxygens (including phenoxy) is 1. The van der Waals surface area contributed by atoms with Crippen molar-refractivity contribution >= 4 is 34.2 Å². The van der Waals surface area contributed by atoms with E-state index in [0.29, 0.717) is 11.9 Å². The summed E-state index contributed by atoms with van der Waals surface area (Å²) < 4.78 is 5.43. The molecule has 0 atom stereocenters. The van der Waals surface area contributed by atoms with Crippen LogP contribution in [0.2, 0.25) is 0 Å². The molecule has 0 unspecified atom stereocenters. The molecular formula is C18H20N4O. The Labute approximate surface area is 135 Å². The number of fused-ring (bicyclic) bond motifs is 1. The lowest BCUT2D eigenvalue weighted by atomic mass is 10.0. The first-order valence-corrected chi connectivity index (χ1v) is 8.03. The Morgan fingerprint density at radius 1 is 1.17 bits per heavy atom. The predicted octanol–water partition coefficient (Wildman–Crippen LogP) is 2.88. The Bertz CT molecular complexity index is 791. The van der Waals surface area contributed by atoms with E-state index in [1.54, 1.807) is 0 Å². The smallest absolute Gasteiger partial charge is 0.126 e. The quantitative estimate of drug-likeness (QED) is 0.914. The van der Waals surface area contributed by atoms with Gasteiger partial charge in [0.15, 0.2) is 0 Å². The zero-order valence-electron chi connectivity index (χ0n) is 13.0. The third-order valence-electron chi connectivity index (χ3n) is 4.42. The fraction of sp³-hybridized carbons (Fsp3) is 0.333. The predicted molar refractivity (Wildman–Crippen MR) is 95.0 cm³/mol. The van der Waals surface area contributed by atoms with E-state index in [2.05, 4.69) is 39.6 Å². The molecule has 1 aromatic carbocycles. The van der Waals surface area contributed by atoms with Gasteiger partial charge in [0.05, 0.1) is 12.1 Å². The molecule has 0 saturated carbocycles. The Balaban J connectivity index is 1.69. The molecule has 1 aromatic heterocycles. The van der Waals surface area contributed by atoms with Crippen LogP contribution in [0.3, 0.4) is 0 Å². The maximum atomic E-state index is 6.02. The highest BCUT2D eigenvalue weighted by Gasteiger charge is 2.15. The van der Waals surface area contributed by atoms with Crippen molar-refractivity contribution in [3.63, 3.8) is 0 Å². The Morgan fingerprint density at radius 3 is 2.83 bits per heavy atom. The van der Waals surface area contributed by atoms with E-state index in [0.717, 1.165) is 54.8 Å². The first-order valence-electron chi connectivity index (χ1n) is 8.03. The summed E-state index contributed by atoms with van der Waals surface area (Å²) in [7, 11) is 0. The molecule has 0 spiro atoms. The van der Waals surface area contributed by atoms with Gasteiger partial charge in [0.25, 0.3) is 0 Å². The van der Waals surface area contributed by atoms with Crippen molar-refractivity contribution in [2.45, 2.75) is 18.9 Å². The lowest BCUT2D eigenvalue weighted by Gasteiger charge is -2.25. The molecule has 0 bridgehead atoms. The maximum absolute atomic E-state index is 6.02. The van der Waals surface area contributed by atoms with E-state index in [9.17, 15) is 0 Å². The third kappa shape index (κ3) is 2.92. The average molecular weight is 308 g/mol. The molecule has 3 heterocycles. The molecule has 2 aromatic rings. The highest BCUT2D eigenvalue weighted by Crippen LogP contribution is 2.29. The van der Waals surface area contributed by atoms with E-state index in [4.69, 9.17) is 10.5 Å². The summed E-state index contributed by atoms with van der Waals surface area (Å²) >= 11 is 0. The number of pyridine rings is 1. The fourth-order valence-corrected chi connectivity index (χ4v) is 3.16. The number of anilines is 2. The van der Waals surface area contributed by atoms with Crippen LogP contribution in [-0.4, -0.2) is 37.0 Å². The van der Waals surface area contributed by atoms with Crippen LogP contribution in [0.25, 0.3) is 16.5 Å². The Morgan fingerprint density at radius 2 is 2.04 bits per heavy atom. The molecule has 0 radical (unpaired) electrons. The summed E-state index contributed by atoms with van der Waals surface area (Å²) in [5.74, 6) is 0.542. The van der Waals surface area contributed by atoms with Crippen LogP contribution in [0.5, 0.6) is 0 Å². The van der Waals surface area contributed by atoms with Crippen molar-refractivity contribution < 1.29 is 4.74 Å². The second kappa shape index (κ2) is 6.01. The second-order valence-corrected chi connectivity index (χ2v) is 6.04. The van der Waals surface area contributed by atoms with Crippen LogP contribution >= 0.6 is 0 Å². The number of rotatable bonds is 3. The highest BCUT2D eigenvalue weighted by molar-refractivity contribution is 5.97.